The first-order valence-electron chi connectivity index (χ1n) is 11.6. The van der Waals surface area contributed by atoms with Crippen LogP contribution >= 0.6 is 0 Å². The van der Waals surface area contributed by atoms with Gasteiger partial charge in [-0.2, -0.15) is 0 Å². The van der Waals surface area contributed by atoms with Crippen molar-refractivity contribution in [2.75, 3.05) is 39.4 Å². The molecule has 3 heterocycles. The molecule has 2 amide bonds. The predicted molar refractivity (Wildman–Crippen MR) is 112 cm³/mol. The number of piperidine rings is 1. The lowest BCUT2D eigenvalue weighted by molar-refractivity contribution is -0.163. The molecule has 1 aromatic carbocycles. The molecule has 0 radical (unpaired) electrons. The lowest BCUT2D eigenvalue weighted by Crippen LogP contribution is -2.52. The van der Waals surface area contributed by atoms with Gasteiger partial charge >= 0.3 is 0 Å². The van der Waals surface area contributed by atoms with Crippen molar-refractivity contribution in [3.8, 4) is 0 Å². The van der Waals surface area contributed by atoms with Gasteiger partial charge in [0.15, 0.2) is 0 Å². The summed E-state index contributed by atoms with van der Waals surface area (Å²) >= 11 is 0. The Morgan fingerprint density at radius 3 is 2.43 bits per heavy atom. The third-order valence-electron chi connectivity index (χ3n) is 7.45. The Hall–Kier alpha value is -1.92. The highest BCUT2D eigenvalue weighted by Crippen LogP contribution is 2.44. The van der Waals surface area contributed by atoms with E-state index in [1.54, 1.807) is 0 Å². The smallest absolute Gasteiger partial charge is 0.225 e. The summed E-state index contributed by atoms with van der Waals surface area (Å²) in [6, 6.07) is 8.51. The summed E-state index contributed by atoms with van der Waals surface area (Å²) in [4.78, 5) is 29.5. The molecule has 4 aliphatic rings. The SMILES string of the molecule is O=C(CC1Cc2ccccc2C2(CCN(C(=O)C3CCC3)CC2)O1)N1CCOCC1. The topological polar surface area (TPSA) is 59.1 Å². The third kappa shape index (κ3) is 3.76. The largest absolute Gasteiger partial charge is 0.378 e. The van der Waals surface area contributed by atoms with Crippen LogP contribution in [0.3, 0.4) is 0 Å². The first-order valence-corrected chi connectivity index (χ1v) is 11.6. The van der Waals surface area contributed by atoms with Crippen LogP contribution in [-0.4, -0.2) is 67.1 Å². The number of benzene rings is 1. The maximum atomic E-state index is 12.8. The number of rotatable bonds is 3. The van der Waals surface area contributed by atoms with E-state index in [0.29, 0.717) is 38.6 Å². The first-order chi connectivity index (χ1) is 14.6. The Balaban J connectivity index is 1.30. The van der Waals surface area contributed by atoms with E-state index in [9.17, 15) is 9.59 Å². The van der Waals surface area contributed by atoms with Gasteiger partial charge in [-0.15, -0.1) is 0 Å². The van der Waals surface area contributed by atoms with Gasteiger partial charge in [-0.25, -0.2) is 0 Å². The minimum absolute atomic E-state index is 0.107. The Morgan fingerprint density at radius 1 is 1.00 bits per heavy atom. The van der Waals surface area contributed by atoms with Crippen LogP contribution in [0.25, 0.3) is 0 Å². The molecule has 162 valence electrons. The lowest BCUT2D eigenvalue weighted by Gasteiger charge is -2.48. The third-order valence-corrected chi connectivity index (χ3v) is 7.45. The molecule has 2 saturated heterocycles. The van der Waals surface area contributed by atoms with E-state index in [4.69, 9.17) is 9.47 Å². The average Bonchev–Trinajstić information content (AvgIpc) is 2.74. The van der Waals surface area contributed by atoms with Crippen LogP contribution in [0.1, 0.15) is 49.7 Å². The summed E-state index contributed by atoms with van der Waals surface area (Å²) in [5, 5.41) is 0. The molecule has 1 atom stereocenters. The van der Waals surface area contributed by atoms with Crippen LogP contribution in [-0.2, 0) is 31.1 Å². The maximum absolute atomic E-state index is 12.8. The van der Waals surface area contributed by atoms with Crippen molar-refractivity contribution in [2.24, 2.45) is 5.92 Å². The van der Waals surface area contributed by atoms with E-state index >= 15 is 0 Å². The molecular formula is C24H32N2O4. The van der Waals surface area contributed by atoms with E-state index in [2.05, 4.69) is 24.3 Å². The number of hydrogen-bond donors (Lipinski definition) is 0. The molecule has 1 spiro atoms. The predicted octanol–water partition coefficient (Wildman–Crippen LogP) is 2.49. The van der Waals surface area contributed by atoms with E-state index in [0.717, 1.165) is 45.2 Å². The van der Waals surface area contributed by atoms with Gasteiger partial charge in [-0.1, -0.05) is 30.7 Å². The highest BCUT2D eigenvalue weighted by atomic mass is 16.5. The number of fused-ring (bicyclic) bond motifs is 2. The van der Waals surface area contributed by atoms with Crippen LogP contribution in [0.15, 0.2) is 24.3 Å². The molecule has 1 saturated carbocycles. The molecule has 6 heteroatoms. The first kappa shape index (κ1) is 20.0. The molecule has 6 nitrogen and oxygen atoms in total. The van der Waals surface area contributed by atoms with Crippen molar-refractivity contribution < 1.29 is 19.1 Å². The Kier molecular flexibility index (Phi) is 5.54. The number of carbonyl (C=O) groups excluding carboxylic acids is 2. The van der Waals surface area contributed by atoms with Crippen LogP contribution < -0.4 is 0 Å². The molecule has 3 fully saturated rings. The maximum Gasteiger partial charge on any atom is 0.225 e. The van der Waals surface area contributed by atoms with E-state index < -0.39 is 0 Å². The van der Waals surface area contributed by atoms with Gasteiger partial charge in [0.05, 0.1) is 31.3 Å². The molecule has 3 aliphatic heterocycles. The summed E-state index contributed by atoms with van der Waals surface area (Å²) < 4.78 is 12.1. The summed E-state index contributed by atoms with van der Waals surface area (Å²) in [6.45, 7) is 4.07. The highest BCUT2D eigenvalue weighted by molar-refractivity contribution is 5.79. The molecule has 0 bridgehead atoms. The van der Waals surface area contributed by atoms with Gasteiger partial charge in [0.2, 0.25) is 11.8 Å². The number of hydrogen-bond acceptors (Lipinski definition) is 4. The second-order valence-electron chi connectivity index (χ2n) is 9.25. The number of nitrogens with zero attached hydrogens (tertiary/aromatic N) is 2. The quantitative estimate of drug-likeness (QED) is 0.765. The van der Waals surface area contributed by atoms with Crippen molar-refractivity contribution in [3.63, 3.8) is 0 Å². The Labute approximate surface area is 178 Å². The van der Waals surface area contributed by atoms with Crippen molar-refractivity contribution in [1.82, 2.24) is 9.80 Å². The molecule has 0 N–H and O–H groups in total. The van der Waals surface area contributed by atoms with E-state index in [1.165, 1.54) is 17.5 Å². The molecule has 1 unspecified atom stereocenters. The minimum atomic E-state index is -0.374. The fourth-order valence-electron chi connectivity index (χ4n) is 5.45. The number of likely N-dealkylation sites (tertiary alicyclic amines) is 1. The Bertz CT molecular complexity index is 792. The van der Waals surface area contributed by atoms with Crippen molar-refractivity contribution in [1.29, 1.82) is 0 Å². The van der Waals surface area contributed by atoms with Gasteiger partial charge < -0.3 is 19.3 Å². The summed E-state index contributed by atoms with van der Waals surface area (Å²) in [5.74, 6) is 0.743. The normalized spacial score (nSPS) is 26.2. The summed E-state index contributed by atoms with van der Waals surface area (Å²) in [7, 11) is 0. The second kappa shape index (κ2) is 8.31. The minimum Gasteiger partial charge on any atom is -0.378 e. The number of ether oxygens (including phenoxy) is 2. The molecular weight excluding hydrogens is 380 g/mol. The van der Waals surface area contributed by atoms with Crippen LogP contribution in [0, 0.1) is 5.92 Å². The zero-order valence-electron chi connectivity index (χ0n) is 17.7. The van der Waals surface area contributed by atoms with Gasteiger partial charge in [0.1, 0.15) is 0 Å². The van der Waals surface area contributed by atoms with E-state index in [1.807, 2.05) is 9.80 Å². The van der Waals surface area contributed by atoms with Crippen LogP contribution in [0.4, 0.5) is 0 Å². The van der Waals surface area contributed by atoms with Crippen molar-refractivity contribution in [3.05, 3.63) is 35.4 Å². The molecule has 30 heavy (non-hydrogen) atoms. The number of amides is 2. The average molecular weight is 413 g/mol. The fraction of sp³-hybridized carbons (Fsp3) is 0.667. The lowest BCUT2D eigenvalue weighted by atomic mass is 9.77. The Morgan fingerprint density at radius 2 is 1.73 bits per heavy atom. The molecule has 1 aliphatic carbocycles. The number of carbonyl (C=O) groups is 2. The fourth-order valence-corrected chi connectivity index (χ4v) is 5.45. The zero-order chi connectivity index (χ0) is 20.6. The monoisotopic (exact) mass is 412 g/mol. The van der Waals surface area contributed by atoms with E-state index in [-0.39, 0.29) is 23.5 Å². The number of morpholine rings is 1. The molecule has 1 aromatic rings. The van der Waals surface area contributed by atoms with Crippen LogP contribution in [0.5, 0.6) is 0 Å². The standard InChI is InChI=1S/C24H32N2O4/c27-22(25-12-14-29-15-13-25)17-20-16-19-4-1-2-7-21(19)24(30-20)8-10-26(11-9-24)23(28)18-5-3-6-18/h1-2,4,7,18,20H,3,5-6,8-17H2. The van der Waals surface area contributed by atoms with Gasteiger partial charge in [-0.05, 0) is 43.2 Å². The summed E-state index contributed by atoms with van der Waals surface area (Å²) in [6.07, 6.45) is 5.99. The van der Waals surface area contributed by atoms with Crippen molar-refractivity contribution in [2.45, 2.75) is 56.7 Å². The highest BCUT2D eigenvalue weighted by Gasteiger charge is 2.45. The molecule has 0 aromatic heterocycles. The van der Waals surface area contributed by atoms with Gasteiger partial charge in [0, 0.05) is 32.1 Å². The zero-order valence-corrected chi connectivity index (χ0v) is 17.7. The van der Waals surface area contributed by atoms with Crippen LogP contribution in [0.2, 0.25) is 0 Å². The summed E-state index contributed by atoms with van der Waals surface area (Å²) in [5.41, 5.74) is 2.18. The van der Waals surface area contributed by atoms with Crippen molar-refractivity contribution >= 4 is 11.8 Å². The molecule has 5 rings (SSSR count). The van der Waals surface area contributed by atoms with Gasteiger partial charge in [-0.3, -0.25) is 9.59 Å². The van der Waals surface area contributed by atoms with Gasteiger partial charge in [0.25, 0.3) is 0 Å². The second-order valence-corrected chi connectivity index (χ2v) is 9.25.